The Hall–Kier alpha value is -1.60. The Morgan fingerprint density at radius 2 is 2.17 bits per heavy atom. The number of carboxylic acids is 1. The lowest BCUT2D eigenvalue weighted by atomic mass is 9.97. The summed E-state index contributed by atoms with van der Waals surface area (Å²) in [6, 6.07) is 5.13. The number of ether oxygens (including phenoxy) is 2. The molecule has 1 fully saturated rings. The number of piperidine rings is 1. The van der Waals surface area contributed by atoms with Crippen LogP contribution in [0, 0.1) is 5.92 Å². The lowest BCUT2D eigenvalue weighted by molar-refractivity contribution is -0.143. The minimum atomic E-state index is -0.842. The molecule has 1 N–H and O–H groups in total. The highest BCUT2D eigenvalue weighted by atomic mass is 79.9. The van der Waals surface area contributed by atoms with Crippen molar-refractivity contribution in [1.82, 2.24) is 4.90 Å². The molecular weight excluding hydrogens is 366 g/mol. The number of hydrogen-bond acceptors (Lipinski definition) is 4. The van der Waals surface area contributed by atoms with Gasteiger partial charge in [0.05, 0.1) is 17.0 Å². The molecule has 0 bridgehead atoms. The van der Waals surface area contributed by atoms with Gasteiger partial charge in [-0.3, -0.25) is 9.59 Å². The van der Waals surface area contributed by atoms with Crippen molar-refractivity contribution in [3.8, 4) is 5.75 Å². The highest BCUT2D eigenvalue weighted by molar-refractivity contribution is 9.10. The second kappa shape index (κ2) is 8.31. The smallest absolute Gasteiger partial charge is 0.308 e. The molecule has 0 aromatic heterocycles. The number of halogens is 1. The van der Waals surface area contributed by atoms with Crippen LogP contribution in [0.1, 0.15) is 23.2 Å². The molecule has 6 nitrogen and oxygen atoms in total. The van der Waals surface area contributed by atoms with Gasteiger partial charge in [0, 0.05) is 25.8 Å². The maximum atomic E-state index is 12.5. The van der Waals surface area contributed by atoms with Gasteiger partial charge < -0.3 is 19.5 Å². The van der Waals surface area contributed by atoms with E-state index in [0.717, 1.165) is 0 Å². The third-order valence-electron chi connectivity index (χ3n) is 3.78. The summed E-state index contributed by atoms with van der Waals surface area (Å²) in [6.45, 7) is 1.76. The van der Waals surface area contributed by atoms with E-state index in [0.29, 0.717) is 48.4 Å². The predicted molar refractivity (Wildman–Crippen MR) is 87.8 cm³/mol. The summed E-state index contributed by atoms with van der Waals surface area (Å²) < 4.78 is 11.1. The normalized spacial score (nSPS) is 17.8. The summed E-state index contributed by atoms with van der Waals surface area (Å²) in [5, 5.41) is 9.12. The van der Waals surface area contributed by atoms with Gasteiger partial charge in [0.1, 0.15) is 12.4 Å². The Labute approximate surface area is 143 Å². The number of carbonyl (C=O) groups excluding carboxylic acids is 1. The molecule has 1 aliphatic heterocycles. The minimum Gasteiger partial charge on any atom is -0.490 e. The number of likely N-dealkylation sites (tertiary alicyclic amines) is 1. The number of amides is 1. The number of aliphatic carboxylic acids is 1. The number of rotatable bonds is 6. The van der Waals surface area contributed by atoms with Gasteiger partial charge in [0.25, 0.3) is 5.91 Å². The molecule has 1 heterocycles. The number of hydrogen-bond donors (Lipinski definition) is 1. The van der Waals surface area contributed by atoms with Crippen molar-refractivity contribution >= 4 is 27.8 Å². The van der Waals surface area contributed by atoms with Crippen molar-refractivity contribution in [1.29, 1.82) is 0 Å². The van der Waals surface area contributed by atoms with E-state index in [1.165, 1.54) is 0 Å². The molecule has 0 aliphatic carbocycles. The quantitative estimate of drug-likeness (QED) is 0.760. The molecule has 1 aromatic carbocycles. The molecule has 1 atom stereocenters. The van der Waals surface area contributed by atoms with Crippen molar-refractivity contribution in [2.45, 2.75) is 12.8 Å². The predicted octanol–water partition coefficient (Wildman–Crippen LogP) is 2.41. The molecule has 23 heavy (non-hydrogen) atoms. The molecule has 7 heteroatoms. The number of benzene rings is 1. The van der Waals surface area contributed by atoms with Crippen molar-refractivity contribution in [2.75, 3.05) is 33.4 Å². The molecule has 126 valence electrons. The van der Waals surface area contributed by atoms with E-state index in [-0.39, 0.29) is 12.5 Å². The van der Waals surface area contributed by atoms with Crippen molar-refractivity contribution in [2.24, 2.45) is 5.92 Å². The van der Waals surface area contributed by atoms with E-state index in [1.54, 1.807) is 30.2 Å². The molecule has 1 aromatic rings. The fourth-order valence-corrected chi connectivity index (χ4v) is 3.02. The number of carboxylic acid groups (broad SMARTS) is 1. The van der Waals surface area contributed by atoms with Gasteiger partial charge in [-0.05, 0) is 47.0 Å². The third kappa shape index (κ3) is 4.68. The Morgan fingerprint density at radius 1 is 1.39 bits per heavy atom. The van der Waals surface area contributed by atoms with Crippen LogP contribution in [0.5, 0.6) is 5.75 Å². The van der Waals surface area contributed by atoms with Gasteiger partial charge in [0.2, 0.25) is 0 Å². The first-order valence-electron chi connectivity index (χ1n) is 7.46. The summed E-state index contributed by atoms with van der Waals surface area (Å²) in [4.78, 5) is 25.3. The second-order valence-corrected chi connectivity index (χ2v) is 6.27. The Balaban J connectivity index is 2.04. The summed E-state index contributed by atoms with van der Waals surface area (Å²) in [7, 11) is 1.60. The van der Waals surface area contributed by atoms with Gasteiger partial charge in [0.15, 0.2) is 0 Å². The van der Waals surface area contributed by atoms with Crippen LogP contribution in [0.3, 0.4) is 0 Å². The van der Waals surface area contributed by atoms with Gasteiger partial charge in [-0.2, -0.15) is 0 Å². The number of carbonyl (C=O) groups is 2. The average molecular weight is 386 g/mol. The van der Waals surface area contributed by atoms with Gasteiger partial charge in [-0.25, -0.2) is 0 Å². The Bertz CT molecular complexity index is 578. The van der Waals surface area contributed by atoms with Crippen LogP contribution >= 0.6 is 15.9 Å². The van der Waals surface area contributed by atoms with Crippen LogP contribution in [-0.2, 0) is 9.53 Å². The van der Waals surface area contributed by atoms with Crippen LogP contribution in [0.4, 0.5) is 0 Å². The van der Waals surface area contributed by atoms with E-state index >= 15 is 0 Å². The van der Waals surface area contributed by atoms with Gasteiger partial charge in [-0.15, -0.1) is 0 Å². The van der Waals surface area contributed by atoms with Gasteiger partial charge in [-0.1, -0.05) is 0 Å². The molecule has 1 aliphatic rings. The molecule has 0 spiro atoms. The monoisotopic (exact) mass is 385 g/mol. The zero-order valence-corrected chi connectivity index (χ0v) is 14.5. The van der Waals surface area contributed by atoms with Crippen LogP contribution in [0.15, 0.2) is 22.7 Å². The Kier molecular flexibility index (Phi) is 6.41. The zero-order valence-electron chi connectivity index (χ0n) is 13.0. The molecular formula is C16H20BrNO5. The topological polar surface area (TPSA) is 76.1 Å². The van der Waals surface area contributed by atoms with Crippen LogP contribution in [0.25, 0.3) is 0 Å². The van der Waals surface area contributed by atoms with Crippen molar-refractivity contribution < 1.29 is 24.2 Å². The van der Waals surface area contributed by atoms with Crippen molar-refractivity contribution in [3.63, 3.8) is 0 Å². The standard InChI is InChI=1S/C16H20BrNO5/c1-22-7-8-23-14-5-4-11(9-13(14)17)15(19)18-6-2-3-12(10-18)16(20)21/h4-5,9,12H,2-3,6-8,10H2,1H3,(H,20,21). The van der Waals surface area contributed by atoms with E-state index in [1.807, 2.05) is 0 Å². The van der Waals surface area contributed by atoms with Crippen LogP contribution < -0.4 is 4.74 Å². The number of nitrogens with zero attached hydrogens (tertiary/aromatic N) is 1. The maximum Gasteiger partial charge on any atom is 0.308 e. The van der Waals surface area contributed by atoms with E-state index in [9.17, 15) is 9.59 Å². The first kappa shape index (κ1) is 17.7. The summed E-state index contributed by atoms with van der Waals surface area (Å²) >= 11 is 3.40. The molecule has 1 amide bonds. The zero-order chi connectivity index (χ0) is 16.8. The van der Waals surface area contributed by atoms with Crippen molar-refractivity contribution in [3.05, 3.63) is 28.2 Å². The average Bonchev–Trinajstić information content (AvgIpc) is 2.56. The fourth-order valence-electron chi connectivity index (χ4n) is 2.53. The highest BCUT2D eigenvalue weighted by Crippen LogP contribution is 2.27. The lowest BCUT2D eigenvalue weighted by Gasteiger charge is -2.30. The van der Waals surface area contributed by atoms with Crippen LogP contribution in [0.2, 0.25) is 0 Å². The first-order valence-corrected chi connectivity index (χ1v) is 8.25. The second-order valence-electron chi connectivity index (χ2n) is 5.42. The van der Waals surface area contributed by atoms with Gasteiger partial charge >= 0.3 is 5.97 Å². The summed E-state index contributed by atoms with van der Waals surface area (Å²) in [5.74, 6) is -0.834. The van der Waals surface area contributed by atoms with Crippen LogP contribution in [-0.4, -0.2) is 55.3 Å². The van der Waals surface area contributed by atoms with E-state index in [2.05, 4.69) is 15.9 Å². The lowest BCUT2D eigenvalue weighted by Crippen LogP contribution is -2.42. The third-order valence-corrected chi connectivity index (χ3v) is 4.40. The Morgan fingerprint density at radius 3 is 2.83 bits per heavy atom. The molecule has 2 rings (SSSR count). The summed E-state index contributed by atoms with van der Waals surface area (Å²) in [6.07, 6.45) is 1.33. The first-order chi connectivity index (χ1) is 11.0. The molecule has 1 saturated heterocycles. The fraction of sp³-hybridized carbons (Fsp3) is 0.500. The molecule has 0 radical (unpaired) electrons. The number of methoxy groups -OCH3 is 1. The summed E-state index contributed by atoms with van der Waals surface area (Å²) in [5.41, 5.74) is 0.516. The maximum absolute atomic E-state index is 12.5. The SMILES string of the molecule is COCCOc1ccc(C(=O)N2CCCC(C(=O)O)C2)cc1Br. The minimum absolute atomic E-state index is 0.153. The molecule has 1 unspecified atom stereocenters. The highest BCUT2D eigenvalue weighted by Gasteiger charge is 2.28. The van der Waals surface area contributed by atoms with E-state index < -0.39 is 11.9 Å². The van der Waals surface area contributed by atoms with E-state index in [4.69, 9.17) is 14.6 Å². The largest absolute Gasteiger partial charge is 0.490 e. The molecule has 0 saturated carbocycles.